The van der Waals surface area contributed by atoms with Gasteiger partial charge in [-0.3, -0.25) is 0 Å². The van der Waals surface area contributed by atoms with E-state index in [1.165, 1.54) is 25.4 Å². The summed E-state index contributed by atoms with van der Waals surface area (Å²) in [5.74, 6) is 0. The summed E-state index contributed by atoms with van der Waals surface area (Å²) < 4.78 is 0. The zero-order valence-corrected chi connectivity index (χ0v) is 8.03. The van der Waals surface area contributed by atoms with Gasteiger partial charge in [-0.25, -0.2) is 0 Å². The third-order valence-corrected chi connectivity index (χ3v) is 1.22. The third kappa shape index (κ3) is 11.0. The van der Waals surface area contributed by atoms with Crippen LogP contribution in [-0.4, -0.2) is 6.16 Å². The first-order valence-corrected chi connectivity index (χ1v) is 3.43. The van der Waals surface area contributed by atoms with E-state index in [1.54, 1.807) is 0 Å². The fraction of sp³-hybridized carbons (Fsp3) is 1.00. The van der Waals surface area contributed by atoms with Crippen molar-refractivity contribution in [3.63, 3.8) is 0 Å². The molecule has 0 aliphatic heterocycles. The van der Waals surface area contributed by atoms with E-state index in [2.05, 4.69) is 16.2 Å². The van der Waals surface area contributed by atoms with Crippen molar-refractivity contribution in [2.45, 2.75) is 26.2 Å². The van der Waals surface area contributed by atoms with E-state index in [-0.39, 0.29) is 22.4 Å². The summed E-state index contributed by atoms with van der Waals surface area (Å²) in [5, 5.41) is 0. The molecule has 0 heterocycles. The molecule has 0 aliphatic rings. The number of rotatable bonds is 3. The minimum absolute atomic E-state index is 0. The normalized spacial score (nSPS) is 7.71. The van der Waals surface area contributed by atoms with Gasteiger partial charge in [-0.2, -0.15) is 0 Å². The van der Waals surface area contributed by atoms with Gasteiger partial charge in [0.1, 0.15) is 0 Å². The Labute approximate surface area is 64.2 Å². The van der Waals surface area contributed by atoms with Crippen molar-refractivity contribution in [3.8, 4) is 0 Å². The van der Waals surface area contributed by atoms with Crippen molar-refractivity contribution in [3.05, 3.63) is 0 Å². The Balaban J connectivity index is 0. The zero-order chi connectivity index (χ0) is 4.83. The van der Waals surface area contributed by atoms with E-state index in [0.717, 1.165) is 0 Å². The summed E-state index contributed by atoms with van der Waals surface area (Å²) >= 11 is 0. The molecule has 0 bridgehead atoms. The van der Waals surface area contributed by atoms with Crippen LogP contribution in [0.1, 0.15) is 26.2 Å². The van der Waals surface area contributed by atoms with Crippen molar-refractivity contribution in [1.82, 2.24) is 0 Å². The van der Waals surface area contributed by atoms with Crippen LogP contribution < -0.4 is 0 Å². The Bertz CT molecular complexity index is 20.0. The van der Waals surface area contributed by atoms with Crippen molar-refractivity contribution in [1.29, 1.82) is 0 Å². The molecular weight excluding hydrogens is 288 g/mol. The third-order valence-electron chi connectivity index (χ3n) is 0.808. The van der Waals surface area contributed by atoms with Crippen LogP contribution in [0.2, 0.25) is 0 Å². The molecule has 0 rings (SSSR count). The Morgan fingerprint density at radius 3 is 2.00 bits per heavy atom. The summed E-state index contributed by atoms with van der Waals surface area (Å²) in [4.78, 5) is 0. The minimum atomic E-state index is 0. The van der Waals surface area contributed by atoms with Gasteiger partial charge < -0.3 is 0 Å². The average Bonchev–Trinajstić information content (AvgIpc) is 1.61. The molecule has 0 nitrogen and oxygen atoms in total. The standard InChI is InChI=1S/C5H13P.Au/c1-2-3-4-5-6;/h2-6H2,1H3;. The minimum Gasteiger partial charge on any atom is -0.138 e. The molecule has 1 radical (unpaired) electrons. The molecule has 1 atom stereocenters. The molecule has 0 aromatic heterocycles. The fourth-order valence-corrected chi connectivity index (χ4v) is 0.683. The predicted octanol–water partition coefficient (Wildman–Crippen LogP) is 2.05. The maximum Gasteiger partial charge on any atom is 0 e. The maximum absolute atomic E-state index is 2.73. The van der Waals surface area contributed by atoms with Crippen molar-refractivity contribution >= 4 is 9.24 Å². The van der Waals surface area contributed by atoms with Gasteiger partial charge >= 0.3 is 0 Å². The Morgan fingerprint density at radius 1 is 1.29 bits per heavy atom. The summed E-state index contributed by atoms with van der Waals surface area (Å²) in [5.41, 5.74) is 0. The monoisotopic (exact) mass is 301 g/mol. The van der Waals surface area contributed by atoms with Crippen LogP contribution in [0.3, 0.4) is 0 Å². The average molecular weight is 301 g/mol. The van der Waals surface area contributed by atoms with Crippen molar-refractivity contribution in [2.24, 2.45) is 0 Å². The van der Waals surface area contributed by atoms with E-state index in [1.807, 2.05) is 0 Å². The van der Waals surface area contributed by atoms with E-state index in [4.69, 9.17) is 0 Å². The number of unbranched alkanes of at least 4 members (excludes halogenated alkanes) is 2. The Kier molecular flexibility index (Phi) is 16.1. The van der Waals surface area contributed by atoms with Crippen LogP contribution in [0.4, 0.5) is 0 Å². The molecule has 0 saturated heterocycles. The van der Waals surface area contributed by atoms with Crippen LogP contribution in [0.15, 0.2) is 0 Å². The second-order valence-corrected chi connectivity index (χ2v) is 2.07. The molecule has 0 N–H and O–H groups in total. The molecule has 7 heavy (non-hydrogen) atoms. The fourth-order valence-electron chi connectivity index (χ4n) is 0.394. The predicted molar refractivity (Wildman–Crippen MR) is 34.1 cm³/mol. The van der Waals surface area contributed by atoms with Gasteiger partial charge in [-0.1, -0.05) is 19.8 Å². The first-order chi connectivity index (χ1) is 2.91. The topological polar surface area (TPSA) is 0 Å². The van der Waals surface area contributed by atoms with Gasteiger partial charge in [0.15, 0.2) is 0 Å². The largest absolute Gasteiger partial charge is 0.138 e. The summed E-state index contributed by atoms with van der Waals surface area (Å²) in [6.45, 7) is 2.22. The van der Waals surface area contributed by atoms with Gasteiger partial charge in [0.2, 0.25) is 0 Å². The summed E-state index contributed by atoms with van der Waals surface area (Å²) in [6, 6.07) is 0. The number of hydrogen-bond donors (Lipinski definition) is 0. The summed E-state index contributed by atoms with van der Waals surface area (Å²) in [7, 11) is 2.73. The molecule has 0 amide bonds. The molecular formula is C5H13AuP. The maximum atomic E-state index is 2.73. The SMILES string of the molecule is CCCCCP.[Au]. The van der Waals surface area contributed by atoms with Crippen LogP contribution in [0, 0.1) is 0 Å². The van der Waals surface area contributed by atoms with Crippen molar-refractivity contribution < 1.29 is 22.4 Å². The smallest absolute Gasteiger partial charge is 0 e. The molecule has 0 aromatic carbocycles. The van der Waals surface area contributed by atoms with Crippen LogP contribution in [0.25, 0.3) is 0 Å². The molecule has 0 fully saturated rings. The molecule has 0 aromatic rings. The first kappa shape index (κ1) is 11.0. The quantitative estimate of drug-likeness (QED) is 0.425. The van der Waals surface area contributed by atoms with Gasteiger partial charge in [-0.15, -0.1) is 9.24 Å². The van der Waals surface area contributed by atoms with Gasteiger partial charge in [-0.05, 0) is 12.6 Å². The Morgan fingerprint density at radius 2 is 1.86 bits per heavy atom. The first-order valence-electron chi connectivity index (χ1n) is 2.62. The zero-order valence-electron chi connectivity index (χ0n) is 4.71. The van der Waals surface area contributed by atoms with E-state index in [9.17, 15) is 0 Å². The van der Waals surface area contributed by atoms with E-state index >= 15 is 0 Å². The van der Waals surface area contributed by atoms with Gasteiger partial charge in [0.25, 0.3) is 0 Å². The second kappa shape index (κ2) is 10.2. The molecule has 1 unspecified atom stereocenters. The molecule has 2 heteroatoms. The van der Waals surface area contributed by atoms with E-state index in [0.29, 0.717) is 0 Å². The van der Waals surface area contributed by atoms with Crippen LogP contribution in [-0.2, 0) is 22.4 Å². The molecule has 49 valence electrons. The Hall–Kier alpha value is 1.17. The van der Waals surface area contributed by atoms with E-state index < -0.39 is 0 Å². The molecule has 0 saturated carbocycles. The second-order valence-electron chi connectivity index (χ2n) is 1.50. The van der Waals surface area contributed by atoms with Crippen molar-refractivity contribution in [2.75, 3.05) is 6.16 Å². The molecule has 0 aliphatic carbocycles. The van der Waals surface area contributed by atoms with Gasteiger partial charge in [0, 0.05) is 22.4 Å². The summed E-state index contributed by atoms with van der Waals surface area (Å²) in [6.07, 6.45) is 5.38. The van der Waals surface area contributed by atoms with Crippen LogP contribution in [0.5, 0.6) is 0 Å². The number of hydrogen-bond acceptors (Lipinski definition) is 0. The van der Waals surface area contributed by atoms with Crippen LogP contribution >= 0.6 is 9.24 Å². The van der Waals surface area contributed by atoms with Gasteiger partial charge in [0.05, 0.1) is 0 Å². The molecule has 0 spiro atoms.